The van der Waals surface area contributed by atoms with Crippen molar-refractivity contribution in [3.63, 3.8) is 0 Å². The molecule has 1 N–H and O–H groups in total. The van der Waals surface area contributed by atoms with E-state index in [1.54, 1.807) is 0 Å². The van der Waals surface area contributed by atoms with Gasteiger partial charge in [-0.3, -0.25) is 4.79 Å². The van der Waals surface area contributed by atoms with Crippen LogP contribution in [0.15, 0.2) is 29.6 Å². The zero-order valence-electron chi connectivity index (χ0n) is 14.3. The largest absolute Gasteiger partial charge is 0.467 e. The van der Waals surface area contributed by atoms with Gasteiger partial charge >= 0.3 is 5.97 Å². The second kappa shape index (κ2) is 8.06. The van der Waals surface area contributed by atoms with E-state index in [1.165, 1.54) is 24.0 Å². The summed E-state index contributed by atoms with van der Waals surface area (Å²) in [7, 11) is 1.32. The van der Waals surface area contributed by atoms with E-state index in [0.29, 0.717) is 5.69 Å². The molecule has 0 saturated heterocycles. The SMILES string of the molecule is COC(=O)[C@@H](NC(=O)Cc1csc(-c2ccc(C)cc2)n1)C(C)C. The van der Waals surface area contributed by atoms with Crippen molar-refractivity contribution >= 4 is 23.2 Å². The predicted molar refractivity (Wildman–Crippen MR) is 94.8 cm³/mol. The molecule has 1 amide bonds. The molecule has 2 aromatic rings. The molecule has 0 spiro atoms. The topological polar surface area (TPSA) is 68.3 Å². The summed E-state index contributed by atoms with van der Waals surface area (Å²) in [5.74, 6) is -0.711. The lowest BCUT2D eigenvalue weighted by molar-refractivity contribution is -0.146. The second-order valence-corrected chi connectivity index (χ2v) is 6.86. The number of benzene rings is 1. The van der Waals surface area contributed by atoms with E-state index in [0.717, 1.165) is 10.6 Å². The molecule has 1 aromatic carbocycles. The van der Waals surface area contributed by atoms with Gasteiger partial charge in [0, 0.05) is 10.9 Å². The van der Waals surface area contributed by atoms with E-state index < -0.39 is 12.0 Å². The third kappa shape index (κ3) is 4.64. The fourth-order valence-electron chi connectivity index (χ4n) is 2.23. The van der Waals surface area contributed by atoms with Gasteiger partial charge < -0.3 is 10.1 Å². The summed E-state index contributed by atoms with van der Waals surface area (Å²) in [5, 5.41) is 5.48. The maximum Gasteiger partial charge on any atom is 0.328 e. The van der Waals surface area contributed by atoms with Crippen LogP contribution in [0.4, 0.5) is 0 Å². The Kier molecular flexibility index (Phi) is 6.09. The number of hydrogen-bond acceptors (Lipinski definition) is 5. The van der Waals surface area contributed by atoms with Crippen molar-refractivity contribution in [2.75, 3.05) is 7.11 Å². The number of nitrogens with zero attached hydrogens (tertiary/aromatic N) is 1. The molecule has 0 unspecified atom stereocenters. The highest BCUT2D eigenvalue weighted by molar-refractivity contribution is 7.13. The minimum atomic E-state index is -0.641. The van der Waals surface area contributed by atoms with Crippen molar-refractivity contribution in [2.24, 2.45) is 5.92 Å². The first kappa shape index (κ1) is 18.1. The third-order valence-electron chi connectivity index (χ3n) is 3.63. The summed E-state index contributed by atoms with van der Waals surface area (Å²) >= 11 is 1.50. The van der Waals surface area contributed by atoms with Crippen LogP contribution in [0.1, 0.15) is 25.1 Å². The summed E-state index contributed by atoms with van der Waals surface area (Å²) in [6.45, 7) is 5.76. The van der Waals surface area contributed by atoms with Gasteiger partial charge in [-0.15, -0.1) is 11.3 Å². The number of hydrogen-bond donors (Lipinski definition) is 1. The fourth-order valence-corrected chi connectivity index (χ4v) is 3.06. The molecule has 24 heavy (non-hydrogen) atoms. The molecule has 1 aromatic heterocycles. The Balaban J connectivity index is 2.02. The summed E-state index contributed by atoms with van der Waals surface area (Å²) in [6, 6.07) is 7.46. The maximum atomic E-state index is 12.2. The quantitative estimate of drug-likeness (QED) is 0.817. The Hall–Kier alpha value is -2.21. The van der Waals surface area contributed by atoms with Crippen LogP contribution in [0.25, 0.3) is 10.6 Å². The van der Waals surface area contributed by atoms with Crippen LogP contribution < -0.4 is 5.32 Å². The lowest BCUT2D eigenvalue weighted by Gasteiger charge is -2.19. The number of thiazole rings is 1. The van der Waals surface area contributed by atoms with E-state index in [1.807, 2.05) is 50.4 Å². The van der Waals surface area contributed by atoms with Gasteiger partial charge in [-0.2, -0.15) is 0 Å². The van der Waals surface area contributed by atoms with Gasteiger partial charge in [0.15, 0.2) is 0 Å². The Morgan fingerprint density at radius 1 is 1.25 bits per heavy atom. The van der Waals surface area contributed by atoms with Gasteiger partial charge in [0.2, 0.25) is 5.91 Å². The van der Waals surface area contributed by atoms with Gasteiger partial charge in [-0.1, -0.05) is 43.7 Å². The molecule has 6 heteroatoms. The zero-order chi connectivity index (χ0) is 17.7. The second-order valence-electron chi connectivity index (χ2n) is 6.00. The van der Waals surface area contributed by atoms with Crippen molar-refractivity contribution in [1.29, 1.82) is 0 Å². The molecule has 0 aliphatic heterocycles. The number of esters is 1. The summed E-state index contributed by atoms with van der Waals surface area (Å²) in [4.78, 5) is 28.4. The Labute approximate surface area is 146 Å². The first-order valence-electron chi connectivity index (χ1n) is 7.79. The molecule has 1 atom stereocenters. The number of nitrogens with one attached hydrogen (secondary N) is 1. The molecule has 0 saturated carbocycles. The van der Waals surface area contributed by atoms with Crippen LogP contribution in [0, 0.1) is 12.8 Å². The van der Waals surface area contributed by atoms with Crippen molar-refractivity contribution in [3.05, 3.63) is 40.9 Å². The minimum absolute atomic E-state index is 0.0417. The van der Waals surface area contributed by atoms with Gasteiger partial charge in [0.25, 0.3) is 0 Å². The molecular formula is C18H22N2O3S. The Bertz CT molecular complexity index is 707. The zero-order valence-corrected chi connectivity index (χ0v) is 15.1. The van der Waals surface area contributed by atoms with E-state index in [-0.39, 0.29) is 18.2 Å². The van der Waals surface area contributed by atoms with Crippen LogP contribution >= 0.6 is 11.3 Å². The van der Waals surface area contributed by atoms with E-state index in [4.69, 9.17) is 4.74 Å². The number of carbonyl (C=O) groups is 2. The van der Waals surface area contributed by atoms with Crippen molar-refractivity contribution in [3.8, 4) is 10.6 Å². The molecule has 0 fully saturated rings. The van der Waals surface area contributed by atoms with Crippen LogP contribution in [0.2, 0.25) is 0 Å². The van der Waals surface area contributed by atoms with Gasteiger partial charge in [-0.05, 0) is 12.8 Å². The van der Waals surface area contributed by atoms with Crippen LogP contribution in [0.3, 0.4) is 0 Å². The molecule has 128 valence electrons. The Morgan fingerprint density at radius 2 is 1.92 bits per heavy atom. The standard InChI is InChI=1S/C18H22N2O3S/c1-11(2)16(18(22)23-4)20-15(21)9-14-10-24-17(19-14)13-7-5-12(3)6-8-13/h5-8,10-11,16H,9H2,1-4H3,(H,20,21)/t16-/m0/s1. The van der Waals surface area contributed by atoms with Gasteiger partial charge in [0.1, 0.15) is 11.0 Å². The van der Waals surface area contributed by atoms with E-state index in [2.05, 4.69) is 10.3 Å². The van der Waals surface area contributed by atoms with Gasteiger partial charge in [-0.25, -0.2) is 9.78 Å². The van der Waals surface area contributed by atoms with Gasteiger partial charge in [0.05, 0.1) is 19.2 Å². The first-order valence-corrected chi connectivity index (χ1v) is 8.67. The van der Waals surface area contributed by atoms with E-state index in [9.17, 15) is 9.59 Å². The van der Waals surface area contributed by atoms with Crippen molar-refractivity contribution in [1.82, 2.24) is 10.3 Å². The molecule has 0 aliphatic rings. The average molecular weight is 346 g/mol. The smallest absolute Gasteiger partial charge is 0.328 e. The maximum absolute atomic E-state index is 12.2. The van der Waals surface area contributed by atoms with E-state index >= 15 is 0 Å². The molecule has 5 nitrogen and oxygen atoms in total. The summed E-state index contributed by atoms with van der Waals surface area (Å²) in [5.41, 5.74) is 2.92. The predicted octanol–water partition coefficient (Wildman–Crippen LogP) is 2.97. The highest BCUT2D eigenvalue weighted by atomic mass is 32.1. The molecular weight excluding hydrogens is 324 g/mol. The number of aromatic nitrogens is 1. The number of aryl methyl sites for hydroxylation is 1. The normalized spacial score (nSPS) is 12.0. The third-order valence-corrected chi connectivity index (χ3v) is 4.57. The first-order chi connectivity index (χ1) is 11.4. The number of amides is 1. The summed E-state index contributed by atoms with van der Waals surface area (Å²) < 4.78 is 4.73. The molecule has 2 rings (SSSR count). The molecule has 1 heterocycles. The van der Waals surface area contributed by atoms with Crippen LogP contribution in [-0.4, -0.2) is 30.0 Å². The lowest BCUT2D eigenvalue weighted by Crippen LogP contribution is -2.45. The summed E-state index contributed by atoms with van der Waals surface area (Å²) in [6.07, 6.45) is 0.141. The highest BCUT2D eigenvalue weighted by Gasteiger charge is 2.25. The average Bonchev–Trinajstić information content (AvgIpc) is 3.00. The molecule has 0 radical (unpaired) electrons. The van der Waals surface area contributed by atoms with Crippen LogP contribution in [0.5, 0.6) is 0 Å². The molecule has 0 aliphatic carbocycles. The number of ether oxygens (including phenoxy) is 1. The minimum Gasteiger partial charge on any atom is -0.467 e. The molecule has 0 bridgehead atoms. The number of methoxy groups -OCH3 is 1. The lowest BCUT2D eigenvalue weighted by atomic mass is 10.0. The van der Waals surface area contributed by atoms with Crippen molar-refractivity contribution in [2.45, 2.75) is 33.2 Å². The van der Waals surface area contributed by atoms with Crippen LogP contribution in [-0.2, 0) is 20.7 Å². The fraction of sp³-hybridized carbons (Fsp3) is 0.389. The Morgan fingerprint density at radius 3 is 2.50 bits per heavy atom. The van der Waals surface area contributed by atoms with Crippen molar-refractivity contribution < 1.29 is 14.3 Å². The monoisotopic (exact) mass is 346 g/mol. The number of carbonyl (C=O) groups excluding carboxylic acids is 2. The highest BCUT2D eigenvalue weighted by Crippen LogP contribution is 2.24. The number of rotatable bonds is 6.